The molecule has 2 aliphatic heterocycles. The van der Waals surface area contributed by atoms with Gasteiger partial charge in [0, 0.05) is 60.7 Å². The number of fused-ring (bicyclic) bond motifs is 1. The highest BCUT2D eigenvalue weighted by Gasteiger charge is 2.42. The van der Waals surface area contributed by atoms with Gasteiger partial charge in [-0.2, -0.15) is 0 Å². The van der Waals surface area contributed by atoms with E-state index in [4.69, 9.17) is 24.4 Å². The molecule has 3 aliphatic rings. The Morgan fingerprint density at radius 1 is 0.852 bits per heavy atom. The van der Waals surface area contributed by atoms with Gasteiger partial charge in [0.2, 0.25) is 5.91 Å². The molecule has 3 amide bonds. The monoisotopic (exact) mass is 823 g/mol. The maximum atomic E-state index is 13.8. The number of rotatable bonds is 9. The second-order valence-electron chi connectivity index (χ2n) is 16.6. The molecule has 0 saturated carbocycles. The van der Waals surface area contributed by atoms with Crippen molar-refractivity contribution in [3.63, 3.8) is 0 Å². The molecule has 0 bridgehead atoms. The van der Waals surface area contributed by atoms with Crippen molar-refractivity contribution in [2.45, 2.75) is 82.5 Å². The zero-order valence-corrected chi connectivity index (χ0v) is 34.6. The zero-order chi connectivity index (χ0) is 42.4. The van der Waals surface area contributed by atoms with Crippen LogP contribution in [-0.4, -0.2) is 91.1 Å². The molecule has 9 rings (SSSR count). The van der Waals surface area contributed by atoms with Gasteiger partial charge < -0.3 is 39.5 Å². The number of alkyl carbamates (subject to hydrolysis) is 2. The lowest BCUT2D eigenvalue weighted by Gasteiger charge is -2.31. The number of carbonyl (C=O) groups is 4. The van der Waals surface area contributed by atoms with Crippen molar-refractivity contribution in [3.8, 4) is 33.6 Å². The molecule has 1 unspecified atom stereocenters. The standard InChI is InChI=1S/C46H49N9O6/c1-25(2)40(53-46(59)61-4)44(57)55-18-5-6-37(55)43-49-33-15-12-29(20-35(33)50-43)32-14-13-30(22-47-32)26-7-9-27(10-8-26)36-23-48-42(51-36)31-21-38(56)39-34(52-45(58)60-3)16-11-28-17-19-54(24-31)41(28)39/h7-10,12-15,17,19-20,22-23,25,31,34,37,39-40H,5-6,11,16,18,21,24H2,1-4H3,(H,48,51)(H,49,50)(H,52,58)(H,53,59)/t31-,34-,37-,39?,40-/m0/s1. The van der Waals surface area contributed by atoms with Gasteiger partial charge >= 0.3 is 12.2 Å². The summed E-state index contributed by atoms with van der Waals surface area (Å²) in [5, 5.41) is 5.61. The summed E-state index contributed by atoms with van der Waals surface area (Å²) in [6.45, 7) is 5.01. The second-order valence-corrected chi connectivity index (χ2v) is 16.6. The number of amides is 3. The van der Waals surface area contributed by atoms with Gasteiger partial charge in [0.1, 0.15) is 23.5 Å². The van der Waals surface area contributed by atoms with Crippen molar-refractivity contribution in [3.05, 3.63) is 102 Å². The number of hydrogen-bond donors (Lipinski definition) is 4. The number of likely N-dealkylation sites (tertiary alicyclic amines) is 1. The van der Waals surface area contributed by atoms with E-state index < -0.39 is 24.1 Å². The van der Waals surface area contributed by atoms with Crippen molar-refractivity contribution >= 4 is 34.9 Å². The van der Waals surface area contributed by atoms with Gasteiger partial charge in [-0.3, -0.25) is 14.6 Å². The predicted molar refractivity (Wildman–Crippen MR) is 227 cm³/mol. The Balaban J connectivity index is 0.871. The van der Waals surface area contributed by atoms with Crippen molar-refractivity contribution in [1.29, 1.82) is 0 Å². The van der Waals surface area contributed by atoms with Crippen molar-refractivity contribution in [1.82, 2.24) is 45.0 Å². The van der Waals surface area contributed by atoms with Crippen molar-refractivity contribution in [2.24, 2.45) is 5.92 Å². The van der Waals surface area contributed by atoms with Gasteiger partial charge in [-0.15, -0.1) is 0 Å². The van der Waals surface area contributed by atoms with Crippen LogP contribution in [-0.2, 0) is 32.0 Å². The van der Waals surface area contributed by atoms with Crippen LogP contribution in [0.25, 0.3) is 44.7 Å². The summed E-state index contributed by atoms with van der Waals surface area (Å²) in [6, 6.07) is 19.2. The third-order valence-electron chi connectivity index (χ3n) is 12.5. The largest absolute Gasteiger partial charge is 0.453 e. The van der Waals surface area contributed by atoms with Crippen LogP contribution < -0.4 is 10.6 Å². The van der Waals surface area contributed by atoms with Crippen LogP contribution in [0.3, 0.4) is 0 Å². The molecule has 1 saturated heterocycles. The van der Waals surface area contributed by atoms with Crippen LogP contribution in [0.15, 0.2) is 79.3 Å². The van der Waals surface area contributed by atoms with Gasteiger partial charge in [0.05, 0.1) is 54.8 Å². The normalized spacial score (nSPS) is 20.3. The van der Waals surface area contributed by atoms with Gasteiger partial charge in [-0.1, -0.05) is 50.2 Å². The smallest absolute Gasteiger partial charge is 0.407 e. The van der Waals surface area contributed by atoms with Crippen molar-refractivity contribution < 1.29 is 28.7 Å². The summed E-state index contributed by atoms with van der Waals surface area (Å²) < 4.78 is 11.8. The maximum Gasteiger partial charge on any atom is 0.407 e. The van der Waals surface area contributed by atoms with Gasteiger partial charge in [0.25, 0.3) is 0 Å². The third-order valence-corrected chi connectivity index (χ3v) is 12.5. The number of ketones is 1. The SMILES string of the molecule is COC(=O)N[C@H]1CCc2ccn3c2C1C(=O)C[C@H](c1ncc(-c2ccc(-c4ccc(-c5ccc6nc([C@@H]7CCCN7C(=O)[C@@H](NC(=O)OC)C(C)C)[nH]c6c5)nc4)cc2)[nH]1)C3. The maximum absolute atomic E-state index is 13.8. The highest BCUT2D eigenvalue weighted by Crippen LogP contribution is 2.40. The topological polar surface area (TPSA) is 189 Å². The van der Waals surface area contributed by atoms with Crippen LogP contribution in [0, 0.1) is 5.92 Å². The highest BCUT2D eigenvalue weighted by molar-refractivity contribution is 5.89. The van der Waals surface area contributed by atoms with E-state index >= 15 is 0 Å². The lowest BCUT2D eigenvalue weighted by atomic mass is 9.79. The van der Waals surface area contributed by atoms with E-state index in [2.05, 4.69) is 67.8 Å². The Labute approximate surface area is 352 Å². The minimum atomic E-state index is -0.698. The average molecular weight is 824 g/mol. The van der Waals surface area contributed by atoms with Crippen LogP contribution in [0.1, 0.15) is 80.3 Å². The molecule has 4 N–H and O–H groups in total. The van der Waals surface area contributed by atoms with Crippen LogP contribution >= 0.6 is 0 Å². The molecule has 4 aromatic heterocycles. The molecule has 0 radical (unpaired) electrons. The van der Waals surface area contributed by atoms with Gasteiger partial charge in [0.15, 0.2) is 0 Å². The summed E-state index contributed by atoms with van der Waals surface area (Å²) in [4.78, 5) is 74.8. The van der Waals surface area contributed by atoms with Crippen LogP contribution in [0.4, 0.5) is 9.59 Å². The molecule has 15 nitrogen and oxygen atoms in total. The Morgan fingerprint density at radius 2 is 1.62 bits per heavy atom. The molecular formula is C46H49N9O6. The number of hydrogen-bond acceptors (Lipinski definition) is 9. The van der Waals surface area contributed by atoms with Crippen LogP contribution in [0.5, 0.6) is 0 Å². The fourth-order valence-electron chi connectivity index (χ4n) is 9.35. The molecule has 5 atom stereocenters. The lowest BCUT2D eigenvalue weighted by molar-refractivity contribution is -0.135. The molecule has 0 spiro atoms. The molecule has 6 aromatic rings. The number of pyridine rings is 1. The number of ether oxygens (including phenoxy) is 2. The summed E-state index contributed by atoms with van der Waals surface area (Å²) >= 11 is 0. The molecule has 2 aromatic carbocycles. The number of carbonyl (C=O) groups excluding carboxylic acids is 4. The van der Waals surface area contributed by atoms with E-state index in [1.54, 1.807) is 0 Å². The summed E-state index contributed by atoms with van der Waals surface area (Å²) in [5.41, 5.74) is 9.40. The average Bonchev–Trinajstić information content (AvgIpc) is 4.10. The van der Waals surface area contributed by atoms with E-state index in [0.29, 0.717) is 25.9 Å². The first kappa shape index (κ1) is 39.7. The Bertz CT molecular complexity index is 2610. The number of nitrogens with zero attached hydrogens (tertiary/aromatic N) is 5. The Morgan fingerprint density at radius 3 is 2.38 bits per heavy atom. The van der Waals surface area contributed by atoms with Gasteiger partial charge in [-0.25, -0.2) is 19.6 Å². The lowest BCUT2D eigenvalue weighted by Crippen LogP contribution is -2.51. The Kier molecular flexibility index (Phi) is 10.6. The highest BCUT2D eigenvalue weighted by atomic mass is 16.5. The minimum absolute atomic E-state index is 0.0941. The predicted octanol–water partition coefficient (Wildman–Crippen LogP) is 7.04. The fourth-order valence-corrected chi connectivity index (χ4v) is 9.35. The molecular weight excluding hydrogens is 775 g/mol. The van der Waals surface area contributed by atoms with E-state index in [1.807, 2.05) is 55.4 Å². The molecule has 61 heavy (non-hydrogen) atoms. The molecule has 1 fully saturated rings. The number of nitrogens with one attached hydrogen (secondary N) is 4. The van der Waals surface area contributed by atoms with E-state index in [9.17, 15) is 19.2 Å². The molecule has 6 heterocycles. The number of aromatic amines is 2. The summed E-state index contributed by atoms with van der Waals surface area (Å²) in [6.07, 6.45) is 8.00. The second kappa shape index (κ2) is 16.4. The number of aromatic nitrogens is 6. The molecule has 314 valence electrons. The van der Waals surface area contributed by atoms with E-state index in [-0.39, 0.29) is 35.6 Å². The first-order valence-corrected chi connectivity index (χ1v) is 20.9. The van der Waals surface area contributed by atoms with E-state index in [1.165, 1.54) is 14.2 Å². The number of H-pyrrole nitrogens is 2. The summed E-state index contributed by atoms with van der Waals surface area (Å²) in [7, 11) is 2.63. The first-order valence-electron chi connectivity index (χ1n) is 20.9. The fraction of sp³-hybridized carbons (Fsp3) is 0.370. The number of imidazole rings is 2. The number of aryl methyl sites for hydroxylation is 1. The minimum Gasteiger partial charge on any atom is -0.453 e. The van der Waals surface area contributed by atoms with E-state index in [0.717, 1.165) is 86.8 Å². The summed E-state index contributed by atoms with van der Waals surface area (Å²) in [5.74, 6) is 0.756. The number of benzene rings is 2. The van der Waals surface area contributed by atoms with Crippen LogP contribution in [0.2, 0.25) is 0 Å². The zero-order valence-electron chi connectivity index (χ0n) is 34.6. The third kappa shape index (κ3) is 7.64. The molecule has 1 aliphatic carbocycles. The first-order chi connectivity index (χ1) is 29.6. The number of methoxy groups -OCH3 is 2. The Hall–Kier alpha value is -6.77. The quantitative estimate of drug-likeness (QED) is 0.119. The molecule has 15 heteroatoms. The van der Waals surface area contributed by atoms with Crippen molar-refractivity contribution in [2.75, 3.05) is 20.8 Å². The number of Topliss-reactive ketones (excluding diaryl/α,β-unsaturated/α-hetero) is 1. The van der Waals surface area contributed by atoms with Gasteiger partial charge in [-0.05, 0) is 72.6 Å².